The largest absolute Gasteiger partial charge is 0.457 e. The van der Waals surface area contributed by atoms with Crippen LogP contribution >= 0.6 is 0 Å². The number of nitrogens with one attached hydrogen (secondary N) is 2. The number of nitriles is 1. The Balaban J connectivity index is 1.44. The number of rotatable bonds is 4. The number of ether oxygens (including phenoxy) is 1. The Kier molecular flexibility index (Phi) is 7.63. The predicted octanol–water partition coefficient (Wildman–Crippen LogP) is 6.50. The maximum Gasteiger partial charge on any atom is 0.175 e. The molecule has 0 amide bonds. The minimum Gasteiger partial charge on any atom is -0.457 e. The second kappa shape index (κ2) is 11.1. The number of piperazine rings is 1. The number of allylic oxidation sites excluding steroid dienone is 2. The van der Waals surface area contributed by atoms with E-state index in [-0.39, 0.29) is 39.7 Å². The van der Waals surface area contributed by atoms with Gasteiger partial charge in [-0.1, -0.05) is 13.0 Å². The van der Waals surface area contributed by atoms with Crippen molar-refractivity contribution >= 4 is 28.1 Å². The molecule has 1 saturated heterocycles. The topological polar surface area (TPSA) is 79.7 Å². The van der Waals surface area contributed by atoms with Gasteiger partial charge < -0.3 is 19.9 Å². The van der Waals surface area contributed by atoms with Crippen molar-refractivity contribution in [1.82, 2.24) is 9.88 Å². The summed E-state index contributed by atoms with van der Waals surface area (Å²) in [4.78, 5) is 12.1. The van der Waals surface area contributed by atoms with Gasteiger partial charge in [0.25, 0.3) is 0 Å². The molecule has 0 aliphatic carbocycles. The van der Waals surface area contributed by atoms with Crippen LogP contribution in [-0.2, 0) is 0 Å². The van der Waals surface area contributed by atoms with Crippen LogP contribution in [-0.4, -0.2) is 47.9 Å². The number of aryl methyl sites for hydroxylation is 1. The molecule has 3 aromatic rings. The smallest absolute Gasteiger partial charge is 0.175 e. The summed E-state index contributed by atoms with van der Waals surface area (Å²) in [6.07, 6.45) is 4.02. The molecule has 3 heterocycles. The molecule has 2 N–H and O–H groups in total. The van der Waals surface area contributed by atoms with Crippen LogP contribution in [0.2, 0.25) is 0 Å². The molecule has 40 heavy (non-hydrogen) atoms. The first-order valence-electron chi connectivity index (χ1n) is 13.5. The second-order valence-electron chi connectivity index (χ2n) is 10.8. The number of amidine groups is 1. The zero-order chi connectivity index (χ0) is 28.6. The van der Waals surface area contributed by atoms with Crippen molar-refractivity contribution in [2.75, 3.05) is 30.4 Å². The number of aromatic nitrogens is 1. The minimum absolute atomic E-state index is 0.0818. The summed E-state index contributed by atoms with van der Waals surface area (Å²) in [5.74, 6) is -1.39. The van der Waals surface area contributed by atoms with Crippen molar-refractivity contribution in [2.45, 2.75) is 46.2 Å². The van der Waals surface area contributed by atoms with Gasteiger partial charge >= 0.3 is 0 Å². The monoisotopic (exact) mass is 544 g/mol. The molecule has 7 nitrogen and oxygen atoms in total. The Morgan fingerprint density at radius 2 is 1.80 bits per heavy atom. The summed E-state index contributed by atoms with van der Waals surface area (Å²) in [6.45, 7) is 9.94. The fourth-order valence-electron chi connectivity index (χ4n) is 5.32. The molecule has 2 aliphatic heterocycles. The van der Waals surface area contributed by atoms with Gasteiger partial charge in [0.2, 0.25) is 0 Å². The van der Waals surface area contributed by atoms with Gasteiger partial charge in [-0.25, -0.2) is 13.8 Å². The van der Waals surface area contributed by atoms with Crippen molar-refractivity contribution in [3.63, 3.8) is 0 Å². The van der Waals surface area contributed by atoms with Crippen molar-refractivity contribution in [3.05, 3.63) is 77.3 Å². The summed E-state index contributed by atoms with van der Waals surface area (Å²) in [5, 5.41) is 13.5. The highest BCUT2D eigenvalue weighted by atomic mass is 19.1. The summed E-state index contributed by atoms with van der Waals surface area (Å²) >= 11 is 0. The number of hydrogen-bond acceptors (Lipinski definition) is 6. The molecule has 1 unspecified atom stereocenters. The Morgan fingerprint density at radius 3 is 2.48 bits per heavy atom. The van der Waals surface area contributed by atoms with Crippen LogP contribution in [0.15, 0.2) is 65.0 Å². The molecule has 2 aromatic carbocycles. The number of anilines is 2. The maximum atomic E-state index is 15.4. The first-order valence-corrected chi connectivity index (χ1v) is 13.5. The van der Waals surface area contributed by atoms with Crippen LogP contribution in [0.1, 0.15) is 32.9 Å². The quantitative estimate of drug-likeness (QED) is 0.392. The number of benzene rings is 2. The van der Waals surface area contributed by atoms with E-state index in [9.17, 15) is 9.65 Å². The van der Waals surface area contributed by atoms with Crippen LogP contribution < -0.4 is 15.0 Å². The molecule has 0 saturated carbocycles. The van der Waals surface area contributed by atoms with Crippen LogP contribution in [0.4, 0.5) is 20.2 Å². The molecule has 1 fully saturated rings. The Hall–Kier alpha value is -4.16. The fourth-order valence-corrected chi connectivity index (χ4v) is 5.32. The number of aliphatic imine (C=N–C) groups is 1. The van der Waals surface area contributed by atoms with Gasteiger partial charge in [0.15, 0.2) is 23.2 Å². The number of fused-ring (bicyclic) bond motifs is 1. The lowest BCUT2D eigenvalue weighted by Crippen LogP contribution is -2.55. The Bertz CT molecular complexity index is 1540. The molecular formula is C31H34F2N6O. The number of hydrogen-bond donors (Lipinski definition) is 2. The van der Waals surface area contributed by atoms with E-state index in [1.807, 2.05) is 25.1 Å². The third-order valence-corrected chi connectivity index (χ3v) is 7.82. The Labute approximate surface area is 233 Å². The van der Waals surface area contributed by atoms with Crippen molar-refractivity contribution in [1.29, 1.82) is 5.26 Å². The van der Waals surface area contributed by atoms with Crippen molar-refractivity contribution < 1.29 is 13.5 Å². The number of H-pyrrole nitrogens is 1. The van der Waals surface area contributed by atoms with E-state index in [2.05, 4.69) is 64.2 Å². The lowest BCUT2D eigenvalue weighted by atomic mass is 9.99. The number of likely N-dealkylation sites (N-methyl/N-ethyl adjacent to an activating group) is 1. The molecule has 2 aliphatic rings. The van der Waals surface area contributed by atoms with Crippen molar-refractivity contribution in [3.8, 4) is 11.8 Å². The number of aromatic amines is 1. The highest BCUT2D eigenvalue weighted by molar-refractivity contribution is 6.11. The Morgan fingerprint density at radius 1 is 1.10 bits per heavy atom. The summed E-state index contributed by atoms with van der Waals surface area (Å²) in [5.41, 5.74) is 2.71. The van der Waals surface area contributed by atoms with E-state index in [0.29, 0.717) is 24.2 Å². The first kappa shape index (κ1) is 27.4. The molecular weight excluding hydrogens is 510 g/mol. The lowest BCUT2D eigenvalue weighted by Gasteiger charge is -2.43. The zero-order valence-corrected chi connectivity index (χ0v) is 23.4. The van der Waals surface area contributed by atoms with E-state index < -0.39 is 11.6 Å². The van der Waals surface area contributed by atoms with Gasteiger partial charge in [-0.2, -0.15) is 5.26 Å². The standard InChI is InChI=1S/C31H34F2N6O/c1-18-7-6-12-35-31(37-22-8-10-23(11-9-22)39-16-20(3)38(5)21(4)17-39)25(15-34)30(18)40-27-14-26(32)29-24(28(27)33)13-19(2)36-29/h6,8-14,18,20-21,36H,7,16-17H2,1-5H3,(H,35,37)/b12-6+,30-25+/t18?,20-,21+. The summed E-state index contributed by atoms with van der Waals surface area (Å²) < 4.78 is 36.2. The van der Waals surface area contributed by atoms with E-state index in [4.69, 9.17) is 4.74 Å². The average molecular weight is 545 g/mol. The van der Waals surface area contributed by atoms with Gasteiger partial charge in [-0.3, -0.25) is 4.90 Å². The van der Waals surface area contributed by atoms with Crippen LogP contribution in [0.25, 0.3) is 10.9 Å². The highest BCUT2D eigenvalue weighted by Gasteiger charge is 2.27. The minimum atomic E-state index is -0.690. The molecule has 3 atom stereocenters. The molecule has 9 heteroatoms. The van der Waals surface area contributed by atoms with E-state index in [1.165, 1.54) is 6.07 Å². The summed E-state index contributed by atoms with van der Waals surface area (Å²) in [7, 11) is 2.16. The lowest BCUT2D eigenvalue weighted by molar-refractivity contribution is 0.170. The van der Waals surface area contributed by atoms with E-state index in [0.717, 1.165) is 30.5 Å². The fraction of sp³-hybridized carbons (Fsp3) is 0.355. The molecule has 0 spiro atoms. The summed E-state index contributed by atoms with van der Waals surface area (Å²) in [6, 6.07) is 13.6. The van der Waals surface area contributed by atoms with E-state index in [1.54, 1.807) is 13.1 Å². The van der Waals surface area contributed by atoms with Gasteiger partial charge in [-0.05, 0) is 64.6 Å². The molecule has 1 aromatic heterocycles. The molecule has 0 radical (unpaired) electrons. The van der Waals surface area contributed by atoms with Gasteiger partial charge in [-0.15, -0.1) is 0 Å². The van der Waals surface area contributed by atoms with Gasteiger partial charge in [0, 0.05) is 65.8 Å². The zero-order valence-electron chi connectivity index (χ0n) is 23.4. The SMILES string of the molecule is Cc1cc2c(F)c(O/C3=C(C#N)/C(Nc4ccc(N5C[C@@H](C)N(C)[C@@H](C)C5)cc4)=N\C=C\CC3C)cc(F)c2[nH]1. The molecule has 5 rings (SSSR count). The van der Waals surface area contributed by atoms with Gasteiger partial charge in [0.05, 0.1) is 5.52 Å². The number of nitrogens with zero attached hydrogens (tertiary/aromatic N) is 4. The molecule has 0 bridgehead atoms. The molecule has 208 valence electrons. The van der Waals surface area contributed by atoms with Crippen LogP contribution in [0.5, 0.6) is 5.75 Å². The normalized spacial score (nSPS) is 26.0. The van der Waals surface area contributed by atoms with Crippen LogP contribution in [0.3, 0.4) is 0 Å². The van der Waals surface area contributed by atoms with Crippen molar-refractivity contribution in [2.24, 2.45) is 10.9 Å². The first-order chi connectivity index (χ1) is 19.2. The highest BCUT2D eigenvalue weighted by Crippen LogP contribution is 2.34. The maximum absolute atomic E-state index is 15.4. The predicted molar refractivity (Wildman–Crippen MR) is 156 cm³/mol. The average Bonchev–Trinajstić information content (AvgIpc) is 3.33. The van der Waals surface area contributed by atoms with E-state index >= 15 is 4.39 Å². The van der Waals surface area contributed by atoms with Gasteiger partial charge in [0.1, 0.15) is 17.4 Å². The second-order valence-corrected chi connectivity index (χ2v) is 10.8. The third kappa shape index (κ3) is 5.32. The van der Waals surface area contributed by atoms with Crippen LogP contribution in [0, 0.1) is 35.8 Å². The number of halogens is 2. The third-order valence-electron chi connectivity index (χ3n) is 7.82.